The zero-order valence-corrected chi connectivity index (χ0v) is 15.1. The SMILES string of the molecule is Cc1ccc(OCc2c(C(=O)Nc3cccc(C(F)(F)F)c3)noc2C)cc1. The Bertz CT molecular complexity index is 979. The largest absolute Gasteiger partial charge is 0.489 e. The van der Waals surface area contributed by atoms with Crippen LogP contribution in [0.4, 0.5) is 18.9 Å². The van der Waals surface area contributed by atoms with E-state index in [1.807, 2.05) is 19.1 Å². The fourth-order valence-corrected chi connectivity index (χ4v) is 2.49. The van der Waals surface area contributed by atoms with Gasteiger partial charge in [0, 0.05) is 5.69 Å². The van der Waals surface area contributed by atoms with Crippen molar-refractivity contribution in [3.8, 4) is 5.75 Å². The molecule has 146 valence electrons. The van der Waals surface area contributed by atoms with Gasteiger partial charge in [0.1, 0.15) is 18.1 Å². The average Bonchev–Trinajstić information content (AvgIpc) is 3.01. The molecule has 0 unspecified atom stereocenters. The third-order valence-corrected chi connectivity index (χ3v) is 4.05. The molecule has 1 amide bonds. The van der Waals surface area contributed by atoms with Crippen LogP contribution in [0, 0.1) is 13.8 Å². The first-order valence-electron chi connectivity index (χ1n) is 8.37. The smallest absolute Gasteiger partial charge is 0.416 e. The van der Waals surface area contributed by atoms with Crippen LogP contribution in [-0.2, 0) is 12.8 Å². The van der Waals surface area contributed by atoms with Crippen LogP contribution < -0.4 is 10.1 Å². The normalized spacial score (nSPS) is 11.3. The monoisotopic (exact) mass is 390 g/mol. The summed E-state index contributed by atoms with van der Waals surface area (Å²) in [7, 11) is 0. The summed E-state index contributed by atoms with van der Waals surface area (Å²) in [5.41, 5.74) is 0.608. The summed E-state index contributed by atoms with van der Waals surface area (Å²) in [5, 5.41) is 6.13. The van der Waals surface area contributed by atoms with E-state index in [-0.39, 0.29) is 18.0 Å². The first kappa shape index (κ1) is 19.5. The van der Waals surface area contributed by atoms with Gasteiger partial charge in [-0.1, -0.05) is 28.9 Å². The molecule has 1 aromatic heterocycles. The standard InChI is InChI=1S/C20H17F3N2O3/c1-12-6-8-16(9-7-12)27-11-17-13(2)28-25-18(17)19(26)24-15-5-3-4-14(10-15)20(21,22)23/h3-10H,11H2,1-2H3,(H,24,26). The molecule has 0 aliphatic rings. The molecule has 5 nitrogen and oxygen atoms in total. The van der Waals surface area contributed by atoms with Gasteiger partial charge >= 0.3 is 6.18 Å². The number of benzene rings is 2. The molecule has 1 heterocycles. The number of carbonyl (C=O) groups excluding carboxylic acids is 1. The van der Waals surface area contributed by atoms with Crippen molar-refractivity contribution in [2.75, 3.05) is 5.32 Å². The summed E-state index contributed by atoms with van der Waals surface area (Å²) in [6.07, 6.45) is -4.50. The Kier molecular flexibility index (Phi) is 5.39. The average molecular weight is 390 g/mol. The van der Waals surface area contributed by atoms with Gasteiger partial charge in [0.2, 0.25) is 0 Å². The van der Waals surface area contributed by atoms with Gasteiger partial charge in [-0.3, -0.25) is 4.79 Å². The van der Waals surface area contributed by atoms with Crippen molar-refractivity contribution >= 4 is 11.6 Å². The van der Waals surface area contributed by atoms with Gasteiger partial charge in [-0.15, -0.1) is 0 Å². The van der Waals surface area contributed by atoms with Crippen molar-refractivity contribution in [2.24, 2.45) is 0 Å². The molecular formula is C20H17F3N2O3. The number of aryl methyl sites for hydroxylation is 2. The zero-order chi connectivity index (χ0) is 20.3. The highest BCUT2D eigenvalue weighted by Crippen LogP contribution is 2.31. The third kappa shape index (κ3) is 4.51. The van der Waals surface area contributed by atoms with E-state index in [9.17, 15) is 18.0 Å². The Balaban J connectivity index is 1.75. The predicted octanol–water partition coefficient (Wildman–Crippen LogP) is 5.14. The molecule has 0 aliphatic heterocycles. The Morgan fingerprint density at radius 3 is 2.54 bits per heavy atom. The lowest BCUT2D eigenvalue weighted by molar-refractivity contribution is -0.137. The van der Waals surface area contributed by atoms with E-state index in [1.165, 1.54) is 12.1 Å². The molecule has 0 aliphatic carbocycles. The van der Waals surface area contributed by atoms with E-state index >= 15 is 0 Å². The lowest BCUT2D eigenvalue weighted by atomic mass is 10.1. The van der Waals surface area contributed by atoms with Gasteiger partial charge in [-0.25, -0.2) is 0 Å². The first-order chi connectivity index (χ1) is 13.2. The lowest BCUT2D eigenvalue weighted by Gasteiger charge is -2.10. The Morgan fingerprint density at radius 1 is 1.14 bits per heavy atom. The minimum absolute atomic E-state index is 0.00545. The number of nitrogens with zero attached hydrogens (tertiary/aromatic N) is 1. The van der Waals surface area contributed by atoms with Crippen LogP contribution in [-0.4, -0.2) is 11.1 Å². The Hall–Kier alpha value is -3.29. The highest BCUT2D eigenvalue weighted by molar-refractivity contribution is 6.03. The van der Waals surface area contributed by atoms with Crippen LogP contribution in [0.3, 0.4) is 0 Å². The number of hydrogen-bond donors (Lipinski definition) is 1. The third-order valence-electron chi connectivity index (χ3n) is 4.05. The molecule has 0 spiro atoms. The number of nitrogens with one attached hydrogen (secondary N) is 1. The number of anilines is 1. The molecular weight excluding hydrogens is 373 g/mol. The second kappa shape index (κ2) is 7.75. The van der Waals surface area contributed by atoms with Crippen molar-refractivity contribution < 1.29 is 27.2 Å². The highest BCUT2D eigenvalue weighted by atomic mass is 19.4. The Labute approximate surface area is 159 Å². The molecule has 8 heteroatoms. The molecule has 0 saturated heterocycles. The van der Waals surface area contributed by atoms with Gasteiger partial charge in [-0.2, -0.15) is 13.2 Å². The second-order valence-electron chi connectivity index (χ2n) is 6.20. The van der Waals surface area contributed by atoms with Crippen molar-refractivity contribution in [2.45, 2.75) is 26.6 Å². The zero-order valence-electron chi connectivity index (χ0n) is 15.1. The van der Waals surface area contributed by atoms with E-state index in [4.69, 9.17) is 9.26 Å². The Morgan fingerprint density at radius 2 is 1.86 bits per heavy atom. The number of rotatable bonds is 5. The van der Waals surface area contributed by atoms with Crippen molar-refractivity contribution in [3.63, 3.8) is 0 Å². The maximum absolute atomic E-state index is 12.8. The van der Waals surface area contributed by atoms with Crippen LogP contribution in [0.25, 0.3) is 0 Å². The summed E-state index contributed by atoms with van der Waals surface area (Å²) in [6.45, 7) is 3.61. The van der Waals surface area contributed by atoms with Crippen molar-refractivity contribution in [1.29, 1.82) is 0 Å². The van der Waals surface area contributed by atoms with E-state index < -0.39 is 17.6 Å². The van der Waals surface area contributed by atoms with Gasteiger partial charge < -0.3 is 14.6 Å². The number of carbonyl (C=O) groups is 1. The molecule has 2 aromatic carbocycles. The van der Waals surface area contributed by atoms with Crippen molar-refractivity contribution in [3.05, 3.63) is 76.7 Å². The molecule has 28 heavy (non-hydrogen) atoms. The number of ether oxygens (including phenoxy) is 1. The van der Waals surface area contributed by atoms with Gasteiger partial charge in [0.15, 0.2) is 5.69 Å². The summed E-state index contributed by atoms with van der Waals surface area (Å²) < 4.78 is 49.2. The van der Waals surface area contributed by atoms with Gasteiger partial charge in [0.05, 0.1) is 11.1 Å². The van der Waals surface area contributed by atoms with Crippen LogP contribution in [0.1, 0.15) is 32.9 Å². The molecule has 0 radical (unpaired) electrons. The number of aromatic nitrogens is 1. The molecule has 3 rings (SSSR count). The van der Waals surface area contributed by atoms with E-state index in [0.717, 1.165) is 17.7 Å². The van der Waals surface area contributed by atoms with E-state index in [0.29, 0.717) is 17.1 Å². The fraction of sp³-hybridized carbons (Fsp3) is 0.200. The molecule has 1 N–H and O–H groups in total. The molecule has 0 saturated carbocycles. The second-order valence-corrected chi connectivity index (χ2v) is 6.20. The fourth-order valence-electron chi connectivity index (χ4n) is 2.49. The molecule has 0 atom stereocenters. The summed E-state index contributed by atoms with van der Waals surface area (Å²) >= 11 is 0. The quantitative estimate of drug-likeness (QED) is 0.655. The van der Waals surface area contributed by atoms with Crippen LogP contribution in [0.15, 0.2) is 53.1 Å². The molecule has 3 aromatic rings. The van der Waals surface area contributed by atoms with Gasteiger partial charge in [0.25, 0.3) is 5.91 Å². The van der Waals surface area contributed by atoms with Crippen molar-refractivity contribution in [1.82, 2.24) is 5.16 Å². The predicted molar refractivity (Wildman–Crippen MR) is 96.1 cm³/mol. The molecule has 0 bridgehead atoms. The maximum atomic E-state index is 12.8. The lowest BCUT2D eigenvalue weighted by Crippen LogP contribution is -2.16. The topological polar surface area (TPSA) is 64.4 Å². The maximum Gasteiger partial charge on any atom is 0.416 e. The minimum atomic E-state index is -4.50. The van der Waals surface area contributed by atoms with E-state index in [1.54, 1.807) is 19.1 Å². The molecule has 0 fully saturated rings. The summed E-state index contributed by atoms with van der Waals surface area (Å²) in [4.78, 5) is 12.5. The summed E-state index contributed by atoms with van der Waals surface area (Å²) in [6, 6.07) is 11.7. The van der Waals surface area contributed by atoms with Gasteiger partial charge in [-0.05, 0) is 44.2 Å². The summed E-state index contributed by atoms with van der Waals surface area (Å²) in [5.74, 6) is 0.315. The number of halogens is 3. The number of hydrogen-bond acceptors (Lipinski definition) is 4. The van der Waals surface area contributed by atoms with Crippen LogP contribution in [0.5, 0.6) is 5.75 Å². The number of amides is 1. The first-order valence-corrected chi connectivity index (χ1v) is 8.37. The van der Waals surface area contributed by atoms with Crippen LogP contribution >= 0.6 is 0 Å². The van der Waals surface area contributed by atoms with Crippen LogP contribution in [0.2, 0.25) is 0 Å². The number of alkyl halides is 3. The highest BCUT2D eigenvalue weighted by Gasteiger charge is 2.30. The minimum Gasteiger partial charge on any atom is -0.489 e. The van der Waals surface area contributed by atoms with E-state index in [2.05, 4.69) is 10.5 Å².